The van der Waals surface area contributed by atoms with Gasteiger partial charge in [0.25, 0.3) is 0 Å². The summed E-state index contributed by atoms with van der Waals surface area (Å²) in [6.45, 7) is -1.71. The Bertz CT molecular complexity index is 267. The SMILES string of the molecule is O=P(O)(F)OCCOS(=O)(=O)F. The highest BCUT2D eigenvalue weighted by Gasteiger charge is 2.17. The van der Waals surface area contributed by atoms with Crippen molar-refractivity contribution in [1.82, 2.24) is 0 Å². The van der Waals surface area contributed by atoms with Gasteiger partial charge < -0.3 is 0 Å². The van der Waals surface area contributed by atoms with Gasteiger partial charge in [0, 0.05) is 0 Å². The largest absolute Gasteiger partial charge is 0.510 e. The van der Waals surface area contributed by atoms with Crippen molar-refractivity contribution >= 4 is 18.4 Å². The lowest BCUT2D eigenvalue weighted by Crippen LogP contribution is -2.05. The predicted molar refractivity (Wildman–Crippen MR) is 32.9 cm³/mol. The average Bonchev–Trinajstić information content (AvgIpc) is 1.76. The third-order valence-corrected chi connectivity index (χ3v) is 1.51. The summed E-state index contributed by atoms with van der Waals surface area (Å²) in [5.41, 5.74) is 0. The van der Waals surface area contributed by atoms with E-state index < -0.39 is 31.6 Å². The van der Waals surface area contributed by atoms with Crippen molar-refractivity contribution in [2.75, 3.05) is 13.2 Å². The minimum atomic E-state index is -5.14. The highest BCUT2D eigenvalue weighted by molar-refractivity contribution is 7.81. The van der Waals surface area contributed by atoms with Crippen LogP contribution in [0.1, 0.15) is 0 Å². The lowest BCUT2D eigenvalue weighted by atomic mass is 10.8. The summed E-state index contributed by atoms with van der Waals surface area (Å²) in [5, 5.41) is 0. The Hall–Kier alpha value is -0.0800. The molecule has 0 saturated carbocycles. The fraction of sp³-hybridized carbons (Fsp3) is 1.00. The molecule has 0 saturated heterocycles. The second-order valence-corrected chi connectivity index (χ2v) is 3.68. The number of rotatable bonds is 5. The van der Waals surface area contributed by atoms with E-state index in [2.05, 4.69) is 8.71 Å². The molecule has 1 atom stereocenters. The molecule has 0 spiro atoms. The van der Waals surface area contributed by atoms with Crippen LogP contribution >= 0.6 is 7.91 Å². The second kappa shape index (κ2) is 4.24. The molecule has 0 aromatic carbocycles. The van der Waals surface area contributed by atoms with E-state index >= 15 is 0 Å². The van der Waals surface area contributed by atoms with Crippen molar-refractivity contribution in [3.8, 4) is 0 Å². The normalized spacial score (nSPS) is 17.2. The van der Waals surface area contributed by atoms with Gasteiger partial charge in [-0.15, -0.1) is 4.20 Å². The van der Waals surface area contributed by atoms with Crippen LogP contribution in [0.4, 0.5) is 8.08 Å². The molecule has 12 heavy (non-hydrogen) atoms. The summed E-state index contributed by atoms with van der Waals surface area (Å²) in [4.78, 5) is 7.81. The van der Waals surface area contributed by atoms with Crippen LogP contribution in [-0.2, 0) is 23.8 Å². The van der Waals surface area contributed by atoms with Crippen molar-refractivity contribution in [3.63, 3.8) is 0 Å². The molecule has 74 valence electrons. The maximum atomic E-state index is 11.6. The average molecular weight is 226 g/mol. The molecule has 0 aromatic rings. The third-order valence-electron chi connectivity index (χ3n) is 0.558. The van der Waals surface area contributed by atoms with Crippen molar-refractivity contribution in [1.29, 1.82) is 0 Å². The fourth-order valence-electron chi connectivity index (χ4n) is 0.283. The van der Waals surface area contributed by atoms with E-state index in [-0.39, 0.29) is 0 Å². The van der Waals surface area contributed by atoms with Crippen LogP contribution in [0.2, 0.25) is 0 Å². The van der Waals surface area contributed by atoms with Crippen LogP contribution in [0.25, 0.3) is 0 Å². The number of halogens is 2. The molecule has 1 N–H and O–H groups in total. The summed E-state index contributed by atoms with van der Waals surface area (Å²) in [7, 11) is -10.3. The summed E-state index contributed by atoms with van der Waals surface area (Å²) in [5.74, 6) is 0. The quantitative estimate of drug-likeness (QED) is 0.412. The van der Waals surface area contributed by atoms with Crippen molar-refractivity contribution < 1.29 is 34.7 Å². The molecule has 0 rings (SSSR count). The Morgan fingerprint density at radius 2 is 1.92 bits per heavy atom. The van der Waals surface area contributed by atoms with Gasteiger partial charge in [0.2, 0.25) is 0 Å². The van der Waals surface area contributed by atoms with Gasteiger partial charge in [-0.25, -0.2) is 8.75 Å². The van der Waals surface area contributed by atoms with E-state index in [9.17, 15) is 21.1 Å². The predicted octanol–water partition coefficient (Wildman–Crippen LogP) is 0.304. The maximum absolute atomic E-state index is 11.6. The summed E-state index contributed by atoms with van der Waals surface area (Å²) >= 11 is 0. The molecular formula is C2H5F2O6PS. The first-order valence-corrected chi connectivity index (χ1v) is 5.24. The number of hydrogen-bond acceptors (Lipinski definition) is 5. The molecule has 0 heterocycles. The van der Waals surface area contributed by atoms with E-state index in [1.165, 1.54) is 0 Å². The Labute approximate surface area is 67.2 Å². The van der Waals surface area contributed by atoms with Gasteiger partial charge in [0.15, 0.2) is 0 Å². The van der Waals surface area contributed by atoms with Crippen molar-refractivity contribution in [3.05, 3.63) is 0 Å². The van der Waals surface area contributed by atoms with Gasteiger partial charge in [-0.2, -0.15) is 8.42 Å². The Balaban J connectivity index is 3.55. The molecule has 0 aliphatic heterocycles. The summed E-state index contributed by atoms with van der Waals surface area (Å²) < 4.78 is 58.9. The molecule has 0 fully saturated rings. The molecule has 1 unspecified atom stereocenters. The Morgan fingerprint density at radius 1 is 1.42 bits per heavy atom. The Kier molecular flexibility index (Phi) is 4.21. The summed E-state index contributed by atoms with van der Waals surface area (Å²) in [6, 6.07) is 0. The lowest BCUT2D eigenvalue weighted by molar-refractivity contribution is 0.175. The van der Waals surface area contributed by atoms with E-state index in [4.69, 9.17) is 4.89 Å². The highest BCUT2D eigenvalue weighted by Crippen LogP contribution is 2.42. The molecule has 10 heteroatoms. The first kappa shape index (κ1) is 11.9. The first-order valence-electron chi connectivity index (χ1n) is 2.47. The van der Waals surface area contributed by atoms with Gasteiger partial charge in [-0.3, -0.25) is 9.42 Å². The van der Waals surface area contributed by atoms with E-state index in [0.717, 1.165) is 0 Å². The molecule has 0 bridgehead atoms. The molecule has 0 aliphatic carbocycles. The standard InChI is InChI=1S/C2H5F2O6PS/c3-11(5,6)9-1-2-10-12(4,7)8/h1-2H2,(H,5,6). The molecule has 0 aliphatic rings. The number of hydrogen-bond donors (Lipinski definition) is 1. The zero-order chi connectivity index (χ0) is 9.83. The van der Waals surface area contributed by atoms with Gasteiger partial charge in [-0.05, 0) is 0 Å². The van der Waals surface area contributed by atoms with Gasteiger partial charge in [0.05, 0.1) is 13.2 Å². The monoisotopic (exact) mass is 226 g/mol. The third kappa shape index (κ3) is 9.92. The van der Waals surface area contributed by atoms with Crippen LogP contribution in [0.5, 0.6) is 0 Å². The minimum absolute atomic E-state index is 0.840. The second-order valence-electron chi connectivity index (χ2n) is 1.50. The first-order chi connectivity index (χ1) is 5.21. The fourth-order valence-corrected chi connectivity index (χ4v) is 0.850. The molecule has 0 radical (unpaired) electrons. The molecule has 0 aromatic heterocycles. The molecule has 0 amide bonds. The van der Waals surface area contributed by atoms with Gasteiger partial charge in [0.1, 0.15) is 0 Å². The molecular weight excluding hydrogens is 221 g/mol. The zero-order valence-corrected chi connectivity index (χ0v) is 7.22. The lowest BCUT2D eigenvalue weighted by Gasteiger charge is -2.00. The smallest absolute Gasteiger partial charge is 0.299 e. The zero-order valence-electron chi connectivity index (χ0n) is 5.51. The topological polar surface area (TPSA) is 89.9 Å². The molecule has 6 nitrogen and oxygen atoms in total. The van der Waals surface area contributed by atoms with Crippen molar-refractivity contribution in [2.24, 2.45) is 0 Å². The maximum Gasteiger partial charge on any atom is 0.510 e. The van der Waals surface area contributed by atoms with E-state index in [0.29, 0.717) is 0 Å². The van der Waals surface area contributed by atoms with E-state index in [1.807, 2.05) is 0 Å². The summed E-state index contributed by atoms with van der Waals surface area (Å²) in [6.07, 6.45) is 0. The Morgan fingerprint density at radius 3 is 2.25 bits per heavy atom. The minimum Gasteiger partial charge on any atom is -0.299 e. The van der Waals surface area contributed by atoms with Crippen LogP contribution in [0.3, 0.4) is 0 Å². The van der Waals surface area contributed by atoms with E-state index in [1.54, 1.807) is 0 Å². The van der Waals surface area contributed by atoms with Crippen LogP contribution in [0, 0.1) is 0 Å². The van der Waals surface area contributed by atoms with Gasteiger partial charge in [-0.1, -0.05) is 3.89 Å². The van der Waals surface area contributed by atoms with Crippen LogP contribution in [-0.4, -0.2) is 26.5 Å². The highest BCUT2D eigenvalue weighted by atomic mass is 32.3. The van der Waals surface area contributed by atoms with Crippen LogP contribution < -0.4 is 0 Å². The van der Waals surface area contributed by atoms with Crippen LogP contribution in [0.15, 0.2) is 0 Å². The van der Waals surface area contributed by atoms with Crippen molar-refractivity contribution in [2.45, 2.75) is 0 Å². The van der Waals surface area contributed by atoms with Gasteiger partial charge >= 0.3 is 18.4 Å².